The monoisotopic (exact) mass is 311 g/mol. The van der Waals surface area contributed by atoms with Crippen molar-refractivity contribution >= 4 is 11.7 Å². The van der Waals surface area contributed by atoms with E-state index >= 15 is 0 Å². The van der Waals surface area contributed by atoms with Crippen molar-refractivity contribution in [2.45, 2.75) is 33.1 Å². The number of hydrogen-bond donors (Lipinski definition) is 1. The number of anilines is 1. The molecule has 23 heavy (non-hydrogen) atoms. The van der Waals surface area contributed by atoms with Crippen molar-refractivity contribution in [1.29, 1.82) is 5.26 Å². The number of para-hydroxylation sites is 1. The largest absolute Gasteiger partial charge is 0.464 e. The van der Waals surface area contributed by atoms with Crippen LogP contribution < -0.4 is 5.73 Å². The van der Waals surface area contributed by atoms with E-state index in [9.17, 15) is 10.1 Å². The summed E-state index contributed by atoms with van der Waals surface area (Å²) in [4.78, 5) is 12.2. The van der Waals surface area contributed by atoms with Gasteiger partial charge < -0.3 is 15.0 Å². The summed E-state index contributed by atoms with van der Waals surface area (Å²) in [5.74, 6) is -0.563. The van der Waals surface area contributed by atoms with Gasteiger partial charge in [0.2, 0.25) is 0 Å². The van der Waals surface area contributed by atoms with Crippen LogP contribution in [0.3, 0.4) is 0 Å². The van der Waals surface area contributed by atoms with Crippen LogP contribution >= 0.6 is 0 Å². The third-order valence-corrected chi connectivity index (χ3v) is 3.83. The molecule has 0 saturated carbocycles. The first-order chi connectivity index (χ1) is 10.7. The lowest BCUT2D eigenvalue weighted by Gasteiger charge is -2.25. The molecule has 1 heterocycles. The topological polar surface area (TPSA) is 81.0 Å². The SMILES string of the molecule is COC(=O)c1c(N)c(C#N)cn1-c1c(C)cccc1C(C)(C)C. The van der Waals surface area contributed by atoms with Crippen molar-refractivity contribution in [1.82, 2.24) is 4.57 Å². The molecular formula is C18H21N3O2. The molecule has 0 bridgehead atoms. The van der Waals surface area contributed by atoms with E-state index in [0.717, 1.165) is 16.8 Å². The fourth-order valence-corrected chi connectivity index (χ4v) is 2.67. The molecular weight excluding hydrogens is 290 g/mol. The van der Waals surface area contributed by atoms with Gasteiger partial charge in [0.1, 0.15) is 6.07 Å². The van der Waals surface area contributed by atoms with E-state index in [4.69, 9.17) is 10.5 Å². The van der Waals surface area contributed by atoms with E-state index in [1.54, 1.807) is 10.8 Å². The first kappa shape index (κ1) is 16.6. The van der Waals surface area contributed by atoms with Gasteiger partial charge in [-0.3, -0.25) is 0 Å². The Bertz CT molecular complexity index is 805. The summed E-state index contributed by atoms with van der Waals surface area (Å²) in [6, 6.07) is 8.00. The maximum absolute atomic E-state index is 12.2. The van der Waals surface area contributed by atoms with Gasteiger partial charge in [0.05, 0.1) is 24.0 Å². The van der Waals surface area contributed by atoms with Gasteiger partial charge in [0, 0.05) is 6.20 Å². The number of aryl methyl sites for hydroxylation is 1. The average molecular weight is 311 g/mol. The maximum atomic E-state index is 12.2. The molecule has 120 valence electrons. The number of nitrogens with zero attached hydrogens (tertiary/aromatic N) is 2. The zero-order chi connectivity index (χ0) is 17.4. The van der Waals surface area contributed by atoms with Gasteiger partial charge in [-0.25, -0.2) is 4.79 Å². The minimum atomic E-state index is -0.563. The number of benzene rings is 1. The van der Waals surface area contributed by atoms with Crippen molar-refractivity contribution in [2.24, 2.45) is 0 Å². The Kier molecular flexibility index (Phi) is 4.20. The lowest BCUT2D eigenvalue weighted by Crippen LogP contribution is -2.19. The van der Waals surface area contributed by atoms with Crippen LogP contribution in [0.5, 0.6) is 0 Å². The number of rotatable bonds is 2. The van der Waals surface area contributed by atoms with Gasteiger partial charge >= 0.3 is 5.97 Å². The standard InChI is InChI=1S/C18H21N3O2/c1-11-7-6-8-13(18(2,3)4)15(11)21-10-12(9-19)14(20)16(21)17(22)23-5/h6-8,10H,20H2,1-5H3. The molecule has 5 nitrogen and oxygen atoms in total. The van der Waals surface area contributed by atoms with E-state index in [0.29, 0.717) is 0 Å². The highest BCUT2D eigenvalue weighted by Gasteiger charge is 2.26. The normalized spacial score (nSPS) is 11.1. The first-order valence-electron chi connectivity index (χ1n) is 7.32. The van der Waals surface area contributed by atoms with Crippen molar-refractivity contribution in [3.05, 3.63) is 46.8 Å². The third-order valence-electron chi connectivity index (χ3n) is 3.83. The van der Waals surface area contributed by atoms with Gasteiger partial charge in [0.15, 0.2) is 5.69 Å². The Morgan fingerprint density at radius 1 is 1.35 bits per heavy atom. The molecule has 1 aromatic carbocycles. The minimum absolute atomic E-state index is 0.138. The van der Waals surface area contributed by atoms with E-state index in [2.05, 4.69) is 20.8 Å². The molecule has 2 rings (SSSR count). The average Bonchev–Trinajstić information content (AvgIpc) is 2.81. The fourth-order valence-electron chi connectivity index (χ4n) is 2.67. The second-order valence-electron chi connectivity index (χ2n) is 6.50. The molecule has 0 unspecified atom stereocenters. The van der Waals surface area contributed by atoms with Crippen molar-refractivity contribution in [2.75, 3.05) is 12.8 Å². The number of nitriles is 1. The molecule has 0 atom stereocenters. The van der Waals surface area contributed by atoms with Crippen LogP contribution in [0.2, 0.25) is 0 Å². The minimum Gasteiger partial charge on any atom is -0.464 e. The highest BCUT2D eigenvalue weighted by molar-refractivity contribution is 5.96. The molecule has 0 amide bonds. The van der Waals surface area contributed by atoms with E-state index < -0.39 is 5.97 Å². The lowest BCUT2D eigenvalue weighted by atomic mass is 9.84. The second-order valence-corrected chi connectivity index (χ2v) is 6.50. The van der Waals surface area contributed by atoms with Crippen molar-refractivity contribution in [3.8, 4) is 11.8 Å². The Balaban J connectivity index is 2.89. The number of nitrogens with two attached hydrogens (primary N) is 1. The quantitative estimate of drug-likeness (QED) is 0.863. The molecule has 0 saturated heterocycles. The summed E-state index contributed by atoms with van der Waals surface area (Å²) in [6.45, 7) is 8.26. The summed E-state index contributed by atoms with van der Waals surface area (Å²) >= 11 is 0. The summed E-state index contributed by atoms with van der Waals surface area (Å²) in [5.41, 5.74) is 9.34. The van der Waals surface area contributed by atoms with Crippen LogP contribution in [0.4, 0.5) is 5.69 Å². The van der Waals surface area contributed by atoms with Crippen LogP contribution in [0, 0.1) is 18.3 Å². The first-order valence-corrected chi connectivity index (χ1v) is 7.32. The number of hydrogen-bond acceptors (Lipinski definition) is 4. The number of aromatic nitrogens is 1. The zero-order valence-electron chi connectivity index (χ0n) is 14.1. The number of nitrogen functional groups attached to an aromatic ring is 1. The second kappa shape index (κ2) is 5.81. The van der Waals surface area contributed by atoms with E-state index in [-0.39, 0.29) is 22.4 Å². The predicted octanol–water partition coefficient (Wildman–Crippen LogP) is 3.32. The molecule has 5 heteroatoms. The van der Waals surface area contributed by atoms with Gasteiger partial charge in [-0.15, -0.1) is 0 Å². The Hall–Kier alpha value is -2.74. The molecule has 2 N–H and O–H groups in total. The fraction of sp³-hybridized carbons (Fsp3) is 0.333. The molecule has 2 aromatic rings. The Labute approximate surface area is 136 Å². The molecule has 0 radical (unpaired) electrons. The maximum Gasteiger partial charge on any atom is 0.357 e. The molecule has 0 spiro atoms. The highest BCUT2D eigenvalue weighted by atomic mass is 16.5. The molecule has 0 aliphatic carbocycles. The molecule has 0 aliphatic rings. The van der Waals surface area contributed by atoms with Crippen LogP contribution in [-0.2, 0) is 10.2 Å². The lowest BCUT2D eigenvalue weighted by molar-refractivity contribution is 0.0593. The molecule has 0 aliphatic heterocycles. The summed E-state index contributed by atoms with van der Waals surface area (Å²) in [7, 11) is 1.30. The summed E-state index contributed by atoms with van der Waals surface area (Å²) < 4.78 is 6.53. The van der Waals surface area contributed by atoms with Crippen LogP contribution in [0.25, 0.3) is 5.69 Å². The van der Waals surface area contributed by atoms with Gasteiger partial charge in [-0.1, -0.05) is 39.0 Å². The van der Waals surface area contributed by atoms with E-state index in [1.165, 1.54) is 7.11 Å². The van der Waals surface area contributed by atoms with Crippen LogP contribution in [0.15, 0.2) is 24.4 Å². The van der Waals surface area contributed by atoms with Gasteiger partial charge in [0.25, 0.3) is 0 Å². The molecule has 1 aromatic heterocycles. The number of carbonyl (C=O) groups is 1. The number of ether oxygens (including phenoxy) is 1. The highest BCUT2D eigenvalue weighted by Crippen LogP contribution is 2.34. The van der Waals surface area contributed by atoms with Gasteiger partial charge in [-0.05, 0) is 23.5 Å². The number of methoxy groups -OCH3 is 1. The van der Waals surface area contributed by atoms with Crippen LogP contribution in [-0.4, -0.2) is 17.6 Å². The number of esters is 1. The van der Waals surface area contributed by atoms with Crippen LogP contribution in [0.1, 0.15) is 48.0 Å². The summed E-state index contributed by atoms with van der Waals surface area (Å²) in [5, 5.41) is 9.26. The zero-order valence-corrected chi connectivity index (χ0v) is 14.1. The van der Waals surface area contributed by atoms with E-state index in [1.807, 2.05) is 31.2 Å². The molecule has 0 fully saturated rings. The third kappa shape index (κ3) is 2.80. The van der Waals surface area contributed by atoms with Gasteiger partial charge in [-0.2, -0.15) is 5.26 Å². The Morgan fingerprint density at radius 3 is 2.52 bits per heavy atom. The summed E-state index contributed by atoms with van der Waals surface area (Å²) in [6.07, 6.45) is 1.60. The van der Waals surface area contributed by atoms with Crippen molar-refractivity contribution in [3.63, 3.8) is 0 Å². The van der Waals surface area contributed by atoms with Crippen molar-refractivity contribution < 1.29 is 9.53 Å². The number of carbonyl (C=O) groups excluding carboxylic acids is 1. The predicted molar refractivity (Wildman–Crippen MR) is 89.7 cm³/mol. The Morgan fingerprint density at radius 2 is 2.00 bits per heavy atom. The smallest absolute Gasteiger partial charge is 0.357 e.